The van der Waals surface area contributed by atoms with Crippen LogP contribution in [0.5, 0.6) is 5.75 Å². The summed E-state index contributed by atoms with van der Waals surface area (Å²) in [5.74, 6) is -0.952. The molecule has 0 fully saturated rings. The quantitative estimate of drug-likeness (QED) is 0.899. The van der Waals surface area contributed by atoms with Crippen LogP contribution in [0.1, 0.15) is 24.0 Å². The lowest BCUT2D eigenvalue weighted by Crippen LogP contribution is -2.07. The van der Waals surface area contributed by atoms with E-state index < -0.39 is 17.7 Å². The van der Waals surface area contributed by atoms with Crippen molar-refractivity contribution in [1.82, 2.24) is 0 Å². The summed E-state index contributed by atoms with van der Waals surface area (Å²) < 4.78 is 42.6. The van der Waals surface area contributed by atoms with Gasteiger partial charge in [0.05, 0.1) is 12.7 Å². The number of hydrogen-bond donors (Lipinski definition) is 1. The zero-order valence-electron chi connectivity index (χ0n) is 10.1. The van der Waals surface area contributed by atoms with Crippen LogP contribution in [0.3, 0.4) is 0 Å². The van der Waals surface area contributed by atoms with Crippen molar-refractivity contribution >= 4 is 17.6 Å². The summed E-state index contributed by atoms with van der Waals surface area (Å²) in [5.41, 5.74) is -0.505. The summed E-state index contributed by atoms with van der Waals surface area (Å²) in [5, 5.41) is 8.45. The molecular weight excluding hydrogens is 285 g/mol. The minimum atomic E-state index is -4.50. The molecule has 0 heterocycles. The molecule has 0 amide bonds. The van der Waals surface area contributed by atoms with Crippen molar-refractivity contribution in [3.63, 3.8) is 0 Å². The first-order chi connectivity index (χ1) is 8.75. The van der Waals surface area contributed by atoms with Crippen molar-refractivity contribution in [2.24, 2.45) is 0 Å². The fraction of sp³-hybridized carbons (Fsp3) is 0.417. The number of rotatable bonds is 5. The zero-order chi connectivity index (χ0) is 14.6. The summed E-state index contributed by atoms with van der Waals surface area (Å²) in [6, 6.07) is 1.68. The Kier molecular flexibility index (Phi) is 5.05. The van der Waals surface area contributed by atoms with E-state index in [1.807, 2.05) is 0 Å². The molecule has 0 atom stereocenters. The van der Waals surface area contributed by atoms with Crippen molar-refractivity contribution in [2.75, 3.05) is 7.11 Å². The van der Waals surface area contributed by atoms with Gasteiger partial charge in [0.2, 0.25) is 0 Å². The molecule has 7 heteroatoms. The largest absolute Gasteiger partial charge is 0.496 e. The summed E-state index contributed by atoms with van der Waals surface area (Å²) in [6.45, 7) is 0. The maximum absolute atomic E-state index is 12.6. The number of halogens is 4. The Bertz CT molecular complexity index is 472. The van der Waals surface area contributed by atoms with E-state index in [1.54, 1.807) is 0 Å². The van der Waals surface area contributed by atoms with E-state index >= 15 is 0 Å². The second-order valence-corrected chi connectivity index (χ2v) is 4.29. The van der Waals surface area contributed by atoms with Crippen molar-refractivity contribution in [3.8, 4) is 5.75 Å². The highest BCUT2D eigenvalue weighted by Crippen LogP contribution is 2.37. The highest BCUT2D eigenvalue weighted by Gasteiger charge is 2.32. The van der Waals surface area contributed by atoms with E-state index in [4.69, 9.17) is 21.4 Å². The number of hydrogen-bond acceptors (Lipinski definition) is 2. The summed E-state index contributed by atoms with van der Waals surface area (Å²) in [4.78, 5) is 10.4. The van der Waals surface area contributed by atoms with Gasteiger partial charge in [-0.2, -0.15) is 13.2 Å². The van der Waals surface area contributed by atoms with E-state index in [1.165, 1.54) is 7.11 Å². The molecule has 1 aromatic carbocycles. The van der Waals surface area contributed by atoms with Gasteiger partial charge in [-0.15, -0.1) is 0 Å². The normalized spacial score (nSPS) is 11.4. The predicted molar refractivity (Wildman–Crippen MR) is 63.6 cm³/mol. The van der Waals surface area contributed by atoms with Crippen LogP contribution in [0.25, 0.3) is 0 Å². The lowest BCUT2D eigenvalue weighted by atomic mass is 10.0. The van der Waals surface area contributed by atoms with Crippen molar-refractivity contribution in [1.29, 1.82) is 0 Å². The van der Waals surface area contributed by atoms with E-state index in [9.17, 15) is 18.0 Å². The van der Waals surface area contributed by atoms with Gasteiger partial charge in [0, 0.05) is 17.0 Å². The van der Waals surface area contributed by atoms with Gasteiger partial charge in [-0.25, -0.2) is 0 Å². The molecule has 0 radical (unpaired) electrons. The first kappa shape index (κ1) is 15.6. The predicted octanol–water partition coefficient (Wildman–Crippen LogP) is 3.77. The SMILES string of the molecule is COc1cc(C(F)(F)F)cc(Cl)c1CCCC(=O)O. The molecule has 1 N–H and O–H groups in total. The summed E-state index contributed by atoms with van der Waals surface area (Å²) in [6.07, 6.45) is -4.07. The van der Waals surface area contributed by atoms with Gasteiger partial charge in [0.25, 0.3) is 0 Å². The van der Waals surface area contributed by atoms with Gasteiger partial charge in [0.1, 0.15) is 5.75 Å². The van der Waals surface area contributed by atoms with Crippen LogP contribution in [0.2, 0.25) is 5.02 Å². The van der Waals surface area contributed by atoms with Crippen LogP contribution in [-0.2, 0) is 17.4 Å². The fourth-order valence-electron chi connectivity index (χ4n) is 1.62. The average molecular weight is 297 g/mol. The van der Waals surface area contributed by atoms with Gasteiger partial charge < -0.3 is 9.84 Å². The van der Waals surface area contributed by atoms with Gasteiger partial charge in [-0.3, -0.25) is 4.79 Å². The number of aliphatic carboxylic acids is 1. The molecule has 0 aliphatic rings. The highest BCUT2D eigenvalue weighted by atomic mass is 35.5. The molecule has 1 aromatic rings. The molecule has 0 aliphatic carbocycles. The van der Waals surface area contributed by atoms with Crippen molar-refractivity contribution in [3.05, 3.63) is 28.3 Å². The number of benzene rings is 1. The molecule has 106 valence electrons. The summed E-state index contributed by atoms with van der Waals surface area (Å²) in [7, 11) is 1.24. The van der Waals surface area contributed by atoms with Crippen LogP contribution >= 0.6 is 11.6 Å². The molecule has 3 nitrogen and oxygen atoms in total. The van der Waals surface area contributed by atoms with E-state index in [-0.39, 0.29) is 30.0 Å². The third kappa shape index (κ3) is 4.31. The lowest BCUT2D eigenvalue weighted by molar-refractivity contribution is -0.138. The molecular formula is C12H12ClF3O3. The fourth-order valence-corrected chi connectivity index (χ4v) is 1.92. The maximum Gasteiger partial charge on any atom is 0.416 e. The molecule has 0 saturated carbocycles. The number of alkyl halides is 3. The Morgan fingerprint density at radius 2 is 2.05 bits per heavy atom. The van der Waals surface area contributed by atoms with Gasteiger partial charge in [-0.1, -0.05) is 11.6 Å². The van der Waals surface area contributed by atoms with Crippen LogP contribution in [0.15, 0.2) is 12.1 Å². The van der Waals surface area contributed by atoms with Crippen LogP contribution in [-0.4, -0.2) is 18.2 Å². The molecule has 0 aromatic heterocycles. The average Bonchev–Trinajstić information content (AvgIpc) is 2.28. The molecule has 0 saturated heterocycles. The number of carbonyl (C=O) groups is 1. The number of carboxylic acid groups (broad SMARTS) is 1. The van der Waals surface area contributed by atoms with E-state index in [0.29, 0.717) is 5.56 Å². The van der Waals surface area contributed by atoms with Crippen molar-refractivity contribution in [2.45, 2.75) is 25.4 Å². The first-order valence-corrected chi connectivity index (χ1v) is 5.79. The minimum absolute atomic E-state index is 0.0187. The topological polar surface area (TPSA) is 46.5 Å². The molecule has 0 aliphatic heterocycles. The monoisotopic (exact) mass is 296 g/mol. The first-order valence-electron chi connectivity index (χ1n) is 5.41. The summed E-state index contributed by atoms with van der Waals surface area (Å²) >= 11 is 5.81. The number of carboxylic acids is 1. The Morgan fingerprint density at radius 3 is 2.53 bits per heavy atom. The number of ether oxygens (including phenoxy) is 1. The Labute approximate surface area is 112 Å². The van der Waals surface area contributed by atoms with Crippen LogP contribution < -0.4 is 4.74 Å². The second kappa shape index (κ2) is 6.14. The Morgan fingerprint density at radius 1 is 1.42 bits per heavy atom. The van der Waals surface area contributed by atoms with Crippen LogP contribution in [0.4, 0.5) is 13.2 Å². The highest BCUT2D eigenvalue weighted by molar-refractivity contribution is 6.31. The smallest absolute Gasteiger partial charge is 0.416 e. The van der Waals surface area contributed by atoms with Crippen LogP contribution in [0, 0.1) is 0 Å². The third-order valence-corrected chi connectivity index (χ3v) is 2.86. The molecule has 0 unspecified atom stereocenters. The Balaban J connectivity index is 3.02. The van der Waals surface area contributed by atoms with E-state index in [0.717, 1.165) is 12.1 Å². The second-order valence-electron chi connectivity index (χ2n) is 3.88. The minimum Gasteiger partial charge on any atom is -0.496 e. The van der Waals surface area contributed by atoms with E-state index in [2.05, 4.69) is 0 Å². The zero-order valence-corrected chi connectivity index (χ0v) is 10.8. The standard InChI is InChI=1S/C12H12ClF3O3/c1-19-10-6-7(12(14,15)16)5-9(13)8(10)3-2-4-11(17)18/h5-6H,2-4H2,1H3,(H,17,18). The van der Waals surface area contributed by atoms with Crippen molar-refractivity contribution < 1.29 is 27.8 Å². The third-order valence-electron chi connectivity index (χ3n) is 2.52. The van der Waals surface area contributed by atoms with Gasteiger partial charge >= 0.3 is 12.1 Å². The molecule has 0 spiro atoms. The Hall–Kier alpha value is -1.43. The molecule has 19 heavy (non-hydrogen) atoms. The molecule has 0 bridgehead atoms. The molecule has 1 rings (SSSR count). The van der Waals surface area contributed by atoms with Gasteiger partial charge in [0.15, 0.2) is 0 Å². The number of methoxy groups -OCH3 is 1. The van der Waals surface area contributed by atoms with Gasteiger partial charge in [-0.05, 0) is 25.0 Å². The lowest BCUT2D eigenvalue weighted by Gasteiger charge is -2.14. The maximum atomic E-state index is 12.6.